The molecular weight excluding hydrogens is 514 g/mol. The first-order valence-corrected chi connectivity index (χ1v) is 13.7. The number of nitrogens with one attached hydrogen (secondary N) is 1. The van der Waals surface area contributed by atoms with Gasteiger partial charge in [-0.3, -0.25) is 9.59 Å². The number of nitrogens with zero attached hydrogens (tertiary/aromatic N) is 2. The summed E-state index contributed by atoms with van der Waals surface area (Å²) in [5.74, 6) is -0.421. The minimum absolute atomic E-state index is 0.0361. The summed E-state index contributed by atoms with van der Waals surface area (Å²) in [6.07, 6.45) is -0.274. The lowest BCUT2D eigenvalue weighted by atomic mass is 10.1. The van der Waals surface area contributed by atoms with Crippen LogP contribution in [0.1, 0.15) is 12.5 Å². The van der Waals surface area contributed by atoms with Gasteiger partial charge in [-0.1, -0.05) is 61.0 Å². The SMILES string of the molecule is CCN(CC(=O)N1C[C@@H](C(=O)NCCc2ccccc2)Oc2ccccc21)S(=O)(=O)c1ccc(Cl)cc1. The van der Waals surface area contributed by atoms with Crippen molar-refractivity contribution in [2.45, 2.75) is 24.3 Å². The smallest absolute Gasteiger partial charge is 0.262 e. The summed E-state index contributed by atoms with van der Waals surface area (Å²) in [6, 6.07) is 22.5. The van der Waals surface area contributed by atoms with Crippen LogP contribution < -0.4 is 15.0 Å². The van der Waals surface area contributed by atoms with E-state index >= 15 is 0 Å². The van der Waals surface area contributed by atoms with Crippen molar-refractivity contribution in [3.8, 4) is 5.75 Å². The third-order valence-corrected chi connectivity index (χ3v) is 8.23. The van der Waals surface area contributed by atoms with Gasteiger partial charge in [0.1, 0.15) is 5.75 Å². The van der Waals surface area contributed by atoms with Crippen molar-refractivity contribution in [2.75, 3.05) is 31.1 Å². The van der Waals surface area contributed by atoms with Crippen LogP contribution >= 0.6 is 11.6 Å². The number of sulfonamides is 1. The quantitative estimate of drug-likeness (QED) is 0.447. The summed E-state index contributed by atoms with van der Waals surface area (Å²) in [6.45, 7) is 1.74. The molecular formula is C27H28ClN3O5S. The Bertz CT molecular complexity index is 1350. The number of ether oxygens (including phenoxy) is 1. The van der Waals surface area contributed by atoms with Gasteiger partial charge >= 0.3 is 0 Å². The highest BCUT2D eigenvalue weighted by Crippen LogP contribution is 2.33. The summed E-state index contributed by atoms with van der Waals surface area (Å²) in [5, 5.41) is 3.29. The van der Waals surface area contributed by atoms with Crippen molar-refractivity contribution < 1.29 is 22.7 Å². The highest BCUT2D eigenvalue weighted by Gasteiger charge is 2.35. The molecule has 0 radical (unpaired) electrons. The molecule has 10 heteroatoms. The second-order valence-corrected chi connectivity index (χ2v) is 10.9. The molecule has 1 N–H and O–H groups in total. The Morgan fingerprint density at radius 1 is 1.03 bits per heavy atom. The van der Waals surface area contributed by atoms with Crippen LogP contribution in [-0.2, 0) is 26.0 Å². The van der Waals surface area contributed by atoms with E-state index < -0.39 is 28.6 Å². The van der Waals surface area contributed by atoms with E-state index in [1.807, 2.05) is 30.3 Å². The van der Waals surface area contributed by atoms with E-state index in [4.69, 9.17) is 16.3 Å². The second kappa shape index (κ2) is 11.8. The predicted molar refractivity (Wildman–Crippen MR) is 142 cm³/mol. The molecule has 3 aromatic rings. The van der Waals surface area contributed by atoms with Gasteiger partial charge in [-0.25, -0.2) is 8.42 Å². The van der Waals surface area contributed by atoms with Gasteiger partial charge in [0.25, 0.3) is 5.91 Å². The maximum Gasteiger partial charge on any atom is 0.262 e. The number of anilines is 1. The highest BCUT2D eigenvalue weighted by atomic mass is 35.5. The first-order valence-electron chi connectivity index (χ1n) is 11.9. The zero-order chi connectivity index (χ0) is 26.4. The molecule has 0 aliphatic carbocycles. The van der Waals surface area contributed by atoms with Gasteiger partial charge < -0.3 is 15.0 Å². The van der Waals surface area contributed by atoms with Gasteiger partial charge in [0.05, 0.1) is 23.7 Å². The number of hydrogen-bond acceptors (Lipinski definition) is 5. The molecule has 0 bridgehead atoms. The highest BCUT2D eigenvalue weighted by molar-refractivity contribution is 7.89. The Morgan fingerprint density at radius 2 is 1.70 bits per heavy atom. The standard InChI is InChI=1S/C27H28ClN3O5S/c1-2-30(37(34,35)22-14-12-21(28)13-15-22)19-26(32)31-18-25(36-24-11-7-6-10-23(24)31)27(33)29-17-16-20-8-4-3-5-9-20/h3-15,25H,2,16-19H2,1H3,(H,29,33)/t25-/m0/s1. The van der Waals surface area contributed by atoms with E-state index in [2.05, 4.69) is 5.32 Å². The average Bonchev–Trinajstić information content (AvgIpc) is 2.91. The molecule has 0 fully saturated rings. The second-order valence-electron chi connectivity index (χ2n) is 8.49. The minimum atomic E-state index is -3.93. The maximum atomic E-state index is 13.4. The summed E-state index contributed by atoms with van der Waals surface area (Å²) in [4.78, 5) is 27.8. The lowest BCUT2D eigenvalue weighted by molar-refractivity contribution is -0.128. The largest absolute Gasteiger partial charge is 0.477 e. The van der Waals surface area contributed by atoms with E-state index in [1.54, 1.807) is 31.2 Å². The molecule has 1 atom stereocenters. The molecule has 0 saturated heterocycles. The lowest BCUT2D eigenvalue weighted by Gasteiger charge is -2.35. The van der Waals surface area contributed by atoms with Crippen LogP contribution in [0.15, 0.2) is 83.8 Å². The summed E-state index contributed by atoms with van der Waals surface area (Å²) in [5.41, 5.74) is 1.58. The van der Waals surface area contributed by atoms with Gasteiger partial charge in [-0.15, -0.1) is 0 Å². The zero-order valence-electron chi connectivity index (χ0n) is 20.3. The Morgan fingerprint density at radius 3 is 2.41 bits per heavy atom. The van der Waals surface area contributed by atoms with Crippen molar-refractivity contribution >= 4 is 39.1 Å². The van der Waals surface area contributed by atoms with Crippen LogP contribution in [0.4, 0.5) is 5.69 Å². The molecule has 0 unspecified atom stereocenters. The van der Waals surface area contributed by atoms with Crippen LogP contribution in [0.3, 0.4) is 0 Å². The predicted octanol–water partition coefficient (Wildman–Crippen LogP) is 3.50. The average molecular weight is 542 g/mol. The van der Waals surface area contributed by atoms with E-state index in [-0.39, 0.29) is 23.9 Å². The number of halogens is 1. The van der Waals surface area contributed by atoms with Crippen molar-refractivity contribution in [1.29, 1.82) is 0 Å². The summed E-state index contributed by atoms with van der Waals surface area (Å²) in [7, 11) is -3.93. The molecule has 2 amide bonds. The molecule has 1 aliphatic heterocycles. The van der Waals surface area contributed by atoms with E-state index in [9.17, 15) is 18.0 Å². The van der Waals surface area contributed by atoms with Crippen molar-refractivity contribution in [1.82, 2.24) is 9.62 Å². The molecule has 8 nitrogen and oxygen atoms in total. The molecule has 3 aromatic carbocycles. The van der Waals surface area contributed by atoms with Crippen molar-refractivity contribution in [3.63, 3.8) is 0 Å². The zero-order valence-corrected chi connectivity index (χ0v) is 21.9. The van der Waals surface area contributed by atoms with Crippen LogP contribution in [-0.4, -0.2) is 56.8 Å². The third-order valence-electron chi connectivity index (χ3n) is 6.04. The van der Waals surface area contributed by atoms with E-state index in [1.165, 1.54) is 29.2 Å². The molecule has 0 saturated carbocycles. The Labute approximate surface area is 221 Å². The van der Waals surface area contributed by atoms with Gasteiger partial charge in [0.15, 0.2) is 6.10 Å². The molecule has 1 heterocycles. The molecule has 0 aromatic heterocycles. The molecule has 0 spiro atoms. The Balaban J connectivity index is 1.48. The van der Waals surface area contributed by atoms with E-state index in [0.717, 1.165) is 9.87 Å². The van der Waals surface area contributed by atoms with Crippen LogP contribution in [0.2, 0.25) is 5.02 Å². The number of carbonyl (C=O) groups excluding carboxylic acids is 2. The number of fused-ring (bicyclic) bond motifs is 1. The van der Waals surface area contributed by atoms with Gasteiger partial charge in [0.2, 0.25) is 15.9 Å². The fraction of sp³-hybridized carbons (Fsp3) is 0.259. The normalized spacial score (nSPS) is 15.1. The Hall–Kier alpha value is -3.40. The fourth-order valence-corrected chi connectivity index (χ4v) is 5.58. The molecule has 1 aliphatic rings. The number of rotatable bonds is 9. The van der Waals surface area contributed by atoms with Crippen molar-refractivity contribution in [3.05, 3.63) is 89.4 Å². The minimum Gasteiger partial charge on any atom is -0.477 e. The lowest BCUT2D eigenvalue weighted by Crippen LogP contribution is -2.53. The maximum absolute atomic E-state index is 13.4. The monoisotopic (exact) mass is 541 g/mol. The van der Waals surface area contributed by atoms with Crippen LogP contribution in [0, 0.1) is 0 Å². The van der Waals surface area contributed by atoms with Crippen LogP contribution in [0.25, 0.3) is 0 Å². The molecule has 4 rings (SSSR count). The molecule has 194 valence electrons. The number of carbonyl (C=O) groups is 2. The van der Waals surface area contributed by atoms with Gasteiger partial charge in [-0.2, -0.15) is 4.31 Å². The summed E-state index contributed by atoms with van der Waals surface area (Å²) < 4.78 is 33.3. The summed E-state index contributed by atoms with van der Waals surface area (Å²) >= 11 is 5.90. The third kappa shape index (κ3) is 6.30. The van der Waals surface area contributed by atoms with Crippen LogP contribution in [0.5, 0.6) is 5.75 Å². The number of hydrogen-bond donors (Lipinski definition) is 1. The number of amides is 2. The van der Waals surface area contributed by atoms with Gasteiger partial charge in [-0.05, 0) is 48.4 Å². The van der Waals surface area contributed by atoms with E-state index in [0.29, 0.717) is 29.4 Å². The topological polar surface area (TPSA) is 96.0 Å². The Kier molecular flexibility index (Phi) is 8.48. The number of benzene rings is 3. The molecule has 37 heavy (non-hydrogen) atoms. The van der Waals surface area contributed by atoms with Crippen molar-refractivity contribution in [2.24, 2.45) is 0 Å². The number of likely N-dealkylation sites (N-methyl/N-ethyl adjacent to an activating group) is 1. The van der Waals surface area contributed by atoms with Gasteiger partial charge in [0, 0.05) is 18.1 Å². The number of para-hydroxylation sites is 2. The first-order chi connectivity index (χ1) is 17.8. The fourth-order valence-electron chi connectivity index (χ4n) is 4.05. The first kappa shape index (κ1) is 26.7.